The van der Waals surface area contributed by atoms with E-state index in [1.165, 1.54) is 11.1 Å². The van der Waals surface area contributed by atoms with Gasteiger partial charge in [-0.3, -0.25) is 9.59 Å². The summed E-state index contributed by atoms with van der Waals surface area (Å²) in [6.45, 7) is 12.6. The Morgan fingerprint density at radius 1 is 0.721 bits per heavy atom. The second-order valence-electron chi connectivity index (χ2n) is 11.4. The zero-order valence-electron chi connectivity index (χ0n) is 25.6. The van der Waals surface area contributed by atoms with Gasteiger partial charge in [0.2, 0.25) is 0 Å². The van der Waals surface area contributed by atoms with E-state index in [0.29, 0.717) is 23.9 Å². The summed E-state index contributed by atoms with van der Waals surface area (Å²) in [5, 5.41) is 27.3. The number of hydrogen-bond donors (Lipinski definition) is 2. The second kappa shape index (κ2) is 12.9. The van der Waals surface area contributed by atoms with Gasteiger partial charge in [-0.15, -0.1) is 44.6 Å². The van der Waals surface area contributed by atoms with Crippen molar-refractivity contribution in [3.8, 4) is 0 Å². The molecule has 2 atom stereocenters. The number of carboxylic acid groups (broad SMARTS) is 2. The average molecular weight is 623 g/mol. The van der Waals surface area contributed by atoms with Gasteiger partial charge < -0.3 is 30.5 Å². The molecule has 0 radical (unpaired) electrons. The number of aromatic nitrogens is 3. The van der Waals surface area contributed by atoms with Crippen LogP contribution in [0.2, 0.25) is 0 Å². The third-order valence-corrected chi connectivity index (χ3v) is 8.90. The van der Waals surface area contributed by atoms with Gasteiger partial charge in [0.05, 0.1) is 0 Å². The minimum atomic E-state index is -0.874. The predicted molar refractivity (Wildman–Crippen MR) is 163 cm³/mol. The van der Waals surface area contributed by atoms with Crippen molar-refractivity contribution in [2.75, 3.05) is 0 Å². The van der Waals surface area contributed by atoms with Gasteiger partial charge in [-0.05, 0) is 52.4 Å². The molecule has 8 nitrogen and oxygen atoms in total. The summed E-state index contributed by atoms with van der Waals surface area (Å²) in [5.41, 5.74) is 9.48. The number of allylic oxidation sites excluding steroid dienone is 1. The maximum Gasteiger partial charge on any atom is 4.00 e. The van der Waals surface area contributed by atoms with E-state index >= 15 is 0 Å². The third kappa shape index (κ3) is 6.20. The molecular formula is C34H38FeN4O4. The number of aliphatic carboxylic acids is 2. The van der Waals surface area contributed by atoms with E-state index in [4.69, 9.17) is 20.3 Å². The van der Waals surface area contributed by atoms with Crippen molar-refractivity contribution in [2.24, 2.45) is 5.92 Å². The van der Waals surface area contributed by atoms with E-state index in [1.807, 2.05) is 32.1 Å². The molecule has 0 aliphatic carbocycles. The van der Waals surface area contributed by atoms with E-state index in [-0.39, 0.29) is 41.9 Å². The van der Waals surface area contributed by atoms with E-state index in [0.717, 1.165) is 68.1 Å². The fourth-order valence-electron chi connectivity index (χ4n) is 6.38. The monoisotopic (exact) mass is 622 g/mol. The molecule has 0 saturated carbocycles. The van der Waals surface area contributed by atoms with Crippen molar-refractivity contribution in [2.45, 2.75) is 86.1 Å². The standard InChI is InChI=1S/C34H38N4O4.Fe/c1-7-21-17(3)25-13-26-19(5)23(9-11-33(39)40)31(37-26)16-32-24(10-12-34(41)42)20(6)28(38-32)15-30-22(8-2)18(4)27(36-30)14-29(21)35-25;/h13-16,18,27H,7-12H2,1-6H3,(H,39,40)(H,41,42);/q-4;+4/b25-13-,28-15-,29-14-,32-16-;/t18-,27-;/m0./s1. The van der Waals surface area contributed by atoms with Gasteiger partial charge in [0.25, 0.3) is 0 Å². The molecule has 0 aromatic carbocycles. The summed E-state index contributed by atoms with van der Waals surface area (Å²) in [4.78, 5) is 38.1. The van der Waals surface area contributed by atoms with Crippen molar-refractivity contribution in [1.82, 2.24) is 15.0 Å². The van der Waals surface area contributed by atoms with Crippen LogP contribution >= 0.6 is 0 Å². The zero-order chi connectivity index (χ0) is 30.3. The molecule has 3 aromatic heterocycles. The summed E-state index contributed by atoms with van der Waals surface area (Å²) in [6, 6.07) is -0.0488. The summed E-state index contributed by atoms with van der Waals surface area (Å²) in [6.07, 6.45) is 10.5. The SMILES string of the molecule is CCC1=C2/C=c3\[n-]/c(c(CCC(=O)O)c3C)=C\c3[n-]c(c(C)c3CCC(=O)O)/C=c3\[n-]/c(c(CC)c3C)=C\[C@H]([N-]2)[C@H]1C.[Fe+4]. The summed E-state index contributed by atoms with van der Waals surface area (Å²) < 4.78 is 0. The number of carboxylic acids is 2. The molecule has 2 N–H and O–H groups in total. The summed E-state index contributed by atoms with van der Waals surface area (Å²) >= 11 is 0. The van der Waals surface area contributed by atoms with Gasteiger partial charge in [0.1, 0.15) is 0 Å². The van der Waals surface area contributed by atoms with Gasteiger partial charge >= 0.3 is 29.0 Å². The summed E-state index contributed by atoms with van der Waals surface area (Å²) in [5.74, 6) is -1.53. The van der Waals surface area contributed by atoms with Gasteiger partial charge in [-0.25, -0.2) is 0 Å². The van der Waals surface area contributed by atoms with Gasteiger partial charge in [0.15, 0.2) is 0 Å². The average Bonchev–Trinajstić information content (AvgIpc) is 3.59. The summed E-state index contributed by atoms with van der Waals surface area (Å²) in [7, 11) is 0. The quantitative estimate of drug-likeness (QED) is 0.369. The first-order valence-electron chi connectivity index (χ1n) is 14.8. The Bertz CT molecular complexity index is 1850. The Morgan fingerprint density at radius 2 is 1.30 bits per heavy atom. The molecule has 226 valence electrons. The van der Waals surface area contributed by atoms with Crippen LogP contribution in [0.1, 0.15) is 84.8 Å². The third-order valence-electron chi connectivity index (χ3n) is 8.90. The van der Waals surface area contributed by atoms with Crippen LogP contribution < -0.4 is 36.3 Å². The normalized spacial score (nSPS) is 20.4. The van der Waals surface area contributed by atoms with Crippen LogP contribution in [0.5, 0.6) is 0 Å². The number of hydrogen-bond acceptors (Lipinski definition) is 2. The minimum absolute atomic E-state index is 0. The van der Waals surface area contributed by atoms with Crippen LogP contribution in [0.25, 0.3) is 29.6 Å². The molecule has 2 aliphatic heterocycles. The minimum Gasteiger partial charge on any atom is -0.678 e. The molecule has 5 rings (SSSR count). The van der Waals surface area contributed by atoms with Crippen molar-refractivity contribution in [3.05, 3.63) is 82.8 Å². The van der Waals surface area contributed by atoms with Crippen molar-refractivity contribution in [3.63, 3.8) is 0 Å². The number of nitrogens with zero attached hydrogens (tertiary/aromatic N) is 4. The molecule has 9 heteroatoms. The topological polar surface area (TPSA) is 131 Å². The zero-order valence-corrected chi connectivity index (χ0v) is 26.7. The van der Waals surface area contributed by atoms with Crippen LogP contribution in [0.3, 0.4) is 0 Å². The van der Waals surface area contributed by atoms with Crippen LogP contribution in [0, 0.1) is 26.7 Å². The van der Waals surface area contributed by atoms with E-state index in [9.17, 15) is 19.8 Å². The molecular weight excluding hydrogens is 584 g/mol. The maximum absolute atomic E-state index is 11.5. The first-order valence-corrected chi connectivity index (χ1v) is 14.8. The smallest absolute Gasteiger partial charge is 0.678 e. The molecule has 5 heterocycles. The Kier molecular flexibility index (Phi) is 9.67. The molecule has 8 bridgehead atoms. The molecule has 0 fully saturated rings. The number of rotatable bonds is 8. The Morgan fingerprint density at radius 3 is 1.93 bits per heavy atom. The van der Waals surface area contributed by atoms with Crippen LogP contribution in [0.15, 0.2) is 11.3 Å². The van der Waals surface area contributed by atoms with E-state index < -0.39 is 11.9 Å². The van der Waals surface area contributed by atoms with Gasteiger partial charge in [-0.2, -0.15) is 0 Å². The second-order valence-corrected chi connectivity index (χ2v) is 11.4. The van der Waals surface area contributed by atoms with Gasteiger partial charge in [-0.1, -0.05) is 84.0 Å². The molecule has 3 aromatic rings. The van der Waals surface area contributed by atoms with Crippen molar-refractivity contribution < 1.29 is 36.9 Å². The molecule has 0 saturated heterocycles. The van der Waals surface area contributed by atoms with Crippen LogP contribution in [-0.2, 0) is 45.9 Å². The van der Waals surface area contributed by atoms with Gasteiger partial charge in [0, 0.05) is 12.8 Å². The van der Waals surface area contributed by atoms with E-state index in [2.05, 4.69) is 33.8 Å². The Hall–Kier alpha value is -3.68. The largest absolute Gasteiger partial charge is 4.00 e. The number of fused-ring (bicyclic) bond motifs is 8. The van der Waals surface area contributed by atoms with Crippen molar-refractivity contribution >= 4 is 36.2 Å². The first kappa shape index (κ1) is 32.2. The Labute approximate surface area is 262 Å². The molecule has 0 unspecified atom stereocenters. The molecule has 0 amide bonds. The predicted octanol–water partition coefficient (Wildman–Crippen LogP) is 2.37. The van der Waals surface area contributed by atoms with Crippen LogP contribution in [0.4, 0.5) is 0 Å². The van der Waals surface area contributed by atoms with E-state index in [1.54, 1.807) is 0 Å². The first-order chi connectivity index (χ1) is 20.0. The van der Waals surface area contributed by atoms with Crippen molar-refractivity contribution in [1.29, 1.82) is 0 Å². The number of carbonyl (C=O) groups is 2. The molecule has 2 aliphatic rings. The fourth-order valence-corrected chi connectivity index (χ4v) is 6.38. The molecule has 0 spiro atoms. The molecule has 43 heavy (non-hydrogen) atoms. The fraction of sp³-hybridized carbons (Fsp3) is 0.412. The Balaban J connectivity index is 0.00000423. The van der Waals surface area contributed by atoms with Crippen LogP contribution in [-0.4, -0.2) is 28.2 Å². The maximum atomic E-state index is 11.5.